The average molecular weight is 247 g/mol. The molecule has 0 spiro atoms. The van der Waals surface area contributed by atoms with Gasteiger partial charge in [-0.25, -0.2) is 0 Å². The lowest BCUT2D eigenvalue weighted by Gasteiger charge is -2.39. The molecule has 0 aliphatic carbocycles. The van der Waals surface area contributed by atoms with E-state index in [0.717, 1.165) is 26.2 Å². The van der Waals surface area contributed by atoms with Crippen molar-refractivity contribution in [3.8, 4) is 0 Å². The minimum Gasteiger partial charge on any atom is -0.326 e. The highest BCUT2D eigenvalue weighted by atomic mass is 15.3. The van der Waals surface area contributed by atoms with Gasteiger partial charge >= 0.3 is 0 Å². The van der Waals surface area contributed by atoms with Gasteiger partial charge in [0.1, 0.15) is 0 Å². The van der Waals surface area contributed by atoms with Crippen LogP contribution >= 0.6 is 0 Å². The van der Waals surface area contributed by atoms with Gasteiger partial charge in [0.05, 0.1) is 0 Å². The number of rotatable bonds is 4. The maximum atomic E-state index is 5.80. The number of hydrogen-bond donors (Lipinski definition) is 1. The molecule has 0 amide bonds. The van der Waals surface area contributed by atoms with Crippen molar-refractivity contribution in [1.29, 1.82) is 0 Å². The smallest absolute Gasteiger partial charge is 0.0238 e. The Labute approximate surface area is 111 Å². The molecule has 3 heteroatoms. The SMILES string of the molecule is CCN1CCN(Cc2ccccc2CN)CC1C. The summed E-state index contributed by atoms with van der Waals surface area (Å²) >= 11 is 0. The molecule has 0 radical (unpaired) electrons. The van der Waals surface area contributed by atoms with Gasteiger partial charge in [0, 0.05) is 38.8 Å². The average Bonchev–Trinajstić information content (AvgIpc) is 2.39. The zero-order chi connectivity index (χ0) is 13.0. The van der Waals surface area contributed by atoms with Crippen molar-refractivity contribution in [2.75, 3.05) is 26.2 Å². The van der Waals surface area contributed by atoms with Gasteiger partial charge in [-0.05, 0) is 24.6 Å². The second-order valence-corrected chi connectivity index (χ2v) is 5.19. The van der Waals surface area contributed by atoms with Crippen LogP contribution in [0.2, 0.25) is 0 Å². The number of likely N-dealkylation sites (N-methyl/N-ethyl adjacent to an activating group) is 1. The van der Waals surface area contributed by atoms with Crippen LogP contribution < -0.4 is 5.73 Å². The monoisotopic (exact) mass is 247 g/mol. The summed E-state index contributed by atoms with van der Waals surface area (Å²) in [5.41, 5.74) is 8.47. The van der Waals surface area contributed by atoms with Crippen LogP contribution in [0.3, 0.4) is 0 Å². The molecule has 2 N–H and O–H groups in total. The van der Waals surface area contributed by atoms with Gasteiger partial charge in [0.25, 0.3) is 0 Å². The molecule has 1 aliphatic rings. The lowest BCUT2D eigenvalue weighted by Crippen LogP contribution is -2.51. The molecule has 2 rings (SSSR count). The first kappa shape index (κ1) is 13.5. The van der Waals surface area contributed by atoms with Crippen LogP contribution in [-0.4, -0.2) is 42.0 Å². The third-order valence-electron chi connectivity index (χ3n) is 3.99. The molecule has 18 heavy (non-hydrogen) atoms. The first-order valence-electron chi connectivity index (χ1n) is 6.97. The van der Waals surface area contributed by atoms with Crippen molar-refractivity contribution in [3.63, 3.8) is 0 Å². The van der Waals surface area contributed by atoms with Crippen LogP contribution in [0.1, 0.15) is 25.0 Å². The molecule has 1 aromatic carbocycles. The van der Waals surface area contributed by atoms with Crippen molar-refractivity contribution in [1.82, 2.24) is 9.80 Å². The van der Waals surface area contributed by atoms with E-state index in [1.807, 2.05) is 0 Å². The highest BCUT2D eigenvalue weighted by molar-refractivity contribution is 5.26. The summed E-state index contributed by atoms with van der Waals surface area (Å²) in [5.74, 6) is 0. The van der Waals surface area contributed by atoms with E-state index < -0.39 is 0 Å². The fourth-order valence-electron chi connectivity index (χ4n) is 2.84. The molecule has 1 aromatic rings. The Balaban J connectivity index is 1.98. The fraction of sp³-hybridized carbons (Fsp3) is 0.600. The minimum atomic E-state index is 0.640. The Morgan fingerprint density at radius 1 is 1.22 bits per heavy atom. The maximum Gasteiger partial charge on any atom is 0.0238 e. The number of nitrogens with two attached hydrogens (primary N) is 1. The van der Waals surface area contributed by atoms with Crippen LogP contribution in [0.4, 0.5) is 0 Å². The van der Waals surface area contributed by atoms with Crippen LogP contribution in [0.25, 0.3) is 0 Å². The molecule has 1 fully saturated rings. The normalized spacial score (nSPS) is 22.3. The van der Waals surface area contributed by atoms with E-state index >= 15 is 0 Å². The van der Waals surface area contributed by atoms with E-state index in [4.69, 9.17) is 5.73 Å². The number of hydrogen-bond acceptors (Lipinski definition) is 3. The van der Waals surface area contributed by atoms with E-state index in [9.17, 15) is 0 Å². The molecule has 1 heterocycles. The van der Waals surface area contributed by atoms with Gasteiger partial charge < -0.3 is 5.73 Å². The lowest BCUT2D eigenvalue weighted by atomic mass is 10.1. The van der Waals surface area contributed by atoms with E-state index in [1.54, 1.807) is 0 Å². The minimum absolute atomic E-state index is 0.640. The van der Waals surface area contributed by atoms with Crippen LogP contribution in [0, 0.1) is 0 Å². The number of benzene rings is 1. The number of nitrogens with zero attached hydrogens (tertiary/aromatic N) is 2. The Morgan fingerprint density at radius 3 is 2.56 bits per heavy atom. The van der Waals surface area contributed by atoms with Gasteiger partial charge in [0.15, 0.2) is 0 Å². The molecule has 100 valence electrons. The molecule has 0 aromatic heterocycles. The van der Waals surface area contributed by atoms with Gasteiger partial charge in [-0.3, -0.25) is 9.80 Å². The summed E-state index contributed by atoms with van der Waals surface area (Å²) in [5, 5.41) is 0. The molecular formula is C15H25N3. The third kappa shape index (κ3) is 3.10. The van der Waals surface area contributed by atoms with Crippen LogP contribution in [-0.2, 0) is 13.1 Å². The topological polar surface area (TPSA) is 32.5 Å². The Kier molecular flexibility index (Phi) is 4.75. The van der Waals surface area contributed by atoms with E-state index in [1.165, 1.54) is 17.7 Å². The van der Waals surface area contributed by atoms with Crippen molar-refractivity contribution in [2.24, 2.45) is 5.73 Å². The summed E-state index contributed by atoms with van der Waals surface area (Å²) in [6.07, 6.45) is 0. The van der Waals surface area contributed by atoms with E-state index in [2.05, 4.69) is 47.9 Å². The Bertz CT molecular complexity index is 378. The molecule has 1 saturated heterocycles. The summed E-state index contributed by atoms with van der Waals surface area (Å²) in [4.78, 5) is 5.09. The Hall–Kier alpha value is -0.900. The second kappa shape index (κ2) is 6.32. The quantitative estimate of drug-likeness (QED) is 0.878. The van der Waals surface area contributed by atoms with Gasteiger partial charge in [-0.2, -0.15) is 0 Å². The van der Waals surface area contributed by atoms with Gasteiger partial charge in [0.2, 0.25) is 0 Å². The fourth-order valence-corrected chi connectivity index (χ4v) is 2.84. The summed E-state index contributed by atoms with van der Waals surface area (Å²) in [6.45, 7) is 10.9. The molecule has 0 saturated carbocycles. The zero-order valence-corrected chi connectivity index (χ0v) is 11.6. The van der Waals surface area contributed by atoms with Crippen molar-refractivity contribution >= 4 is 0 Å². The highest BCUT2D eigenvalue weighted by Gasteiger charge is 2.22. The lowest BCUT2D eigenvalue weighted by molar-refractivity contribution is 0.0833. The zero-order valence-electron chi connectivity index (χ0n) is 11.6. The molecular weight excluding hydrogens is 222 g/mol. The number of piperazine rings is 1. The standard InChI is InChI=1S/C15H25N3/c1-3-18-9-8-17(11-13(18)2)12-15-7-5-4-6-14(15)10-16/h4-7,13H,3,8-12,16H2,1-2H3. The first-order valence-corrected chi connectivity index (χ1v) is 6.97. The molecule has 1 unspecified atom stereocenters. The second-order valence-electron chi connectivity index (χ2n) is 5.19. The Morgan fingerprint density at radius 2 is 1.94 bits per heavy atom. The maximum absolute atomic E-state index is 5.80. The predicted octanol–water partition coefficient (Wildman–Crippen LogP) is 1.67. The van der Waals surface area contributed by atoms with E-state index in [0.29, 0.717) is 12.6 Å². The van der Waals surface area contributed by atoms with Crippen molar-refractivity contribution < 1.29 is 0 Å². The third-order valence-corrected chi connectivity index (χ3v) is 3.99. The molecule has 3 nitrogen and oxygen atoms in total. The van der Waals surface area contributed by atoms with E-state index in [-0.39, 0.29) is 0 Å². The summed E-state index contributed by atoms with van der Waals surface area (Å²) in [6, 6.07) is 9.19. The van der Waals surface area contributed by atoms with Gasteiger partial charge in [-0.1, -0.05) is 31.2 Å². The van der Waals surface area contributed by atoms with Crippen molar-refractivity contribution in [2.45, 2.75) is 33.0 Å². The predicted molar refractivity (Wildman–Crippen MR) is 76.3 cm³/mol. The first-order chi connectivity index (χ1) is 8.74. The molecule has 0 bridgehead atoms. The highest BCUT2D eigenvalue weighted by Crippen LogP contribution is 2.15. The molecule has 1 aliphatic heterocycles. The van der Waals surface area contributed by atoms with Crippen LogP contribution in [0.5, 0.6) is 0 Å². The van der Waals surface area contributed by atoms with Crippen molar-refractivity contribution in [3.05, 3.63) is 35.4 Å². The summed E-state index contributed by atoms with van der Waals surface area (Å²) < 4.78 is 0. The van der Waals surface area contributed by atoms with Crippen LogP contribution in [0.15, 0.2) is 24.3 Å². The summed E-state index contributed by atoms with van der Waals surface area (Å²) in [7, 11) is 0. The van der Waals surface area contributed by atoms with Gasteiger partial charge in [-0.15, -0.1) is 0 Å². The molecule has 1 atom stereocenters. The largest absolute Gasteiger partial charge is 0.326 e.